The van der Waals surface area contributed by atoms with E-state index in [1.165, 1.54) is 18.2 Å². The lowest BCUT2D eigenvalue weighted by Crippen LogP contribution is -2.30. The SMILES string of the molecule is Fc1ccc(CN2CCCn3cccc3[C@H]2c2ccccc2F)cc1. The van der Waals surface area contributed by atoms with Gasteiger partial charge in [0.05, 0.1) is 6.04 Å². The molecule has 0 radical (unpaired) electrons. The van der Waals surface area contributed by atoms with Crippen LogP contribution in [0.5, 0.6) is 0 Å². The number of halogens is 2. The highest BCUT2D eigenvalue weighted by Gasteiger charge is 2.29. The number of hydrogen-bond acceptors (Lipinski definition) is 1. The van der Waals surface area contributed by atoms with Gasteiger partial charge in [0, 0.05) is 37.1 Å². The summed E-state index contributed by atoms with van der Waals surface area (Å²) in [7, 11) is 0. The van der Waals surface area contributed by atoms with Gasteiger partial charge >= 0.3 is 0 Å². The summed E-state index contributed by atoms with van der Waals surface area (Å²) in [5.74, 6) is -0.426. The topological polar surface area (TPSA) is 8.17 Å². The third kappa shape index (κ3) is 3.22. The Labute approximate surface area is 146 Å². The molecule has 0 bridgehead atoms. The highest BCUT2D eigenvalue weighted by molar-refractivity contribution is 5.31. The fourth-order valence-corrected chi connectivity index (χ4v) is 3.69. The minimum absolute atomic E-state index is 0.149. The van der Waals surface area contributed by atoms with Crippen LogP contribution in [0.3, 0.4) is 0 Å². The zero-order chi connectivity index (χ0) is 17.2. The van der Waals surface area contributed by atoms with Crippen molar-refractivity contribution in [3.05, 3.63) is 95.3 Å². The Morgan fingerprint density at radius 2 is 1.68 bits per heavy atom. The van der Waals surface area contributed by atoms with Gasteiger partial charge < -0.3 is 4.57 Å². The van der Waals surface area contributed by atoms with Crippen LogP contribution in [0.15, 0.2) is 66.9 Å². The zero-order valence-corrected chi connectivity index (χ0v) is 13.9. The second kappa shape index (κ2) is 6.81. The first-order chi connectivity index (χ1) is 12.2. The predicted molar refractivity (Wildman–Crippen MR) is 94.1 cm³/mol. The van der Waals surface area contributed by atoms with Crippen LogP contribution in [0.1, 0.15) is 29.3 Å². The molecule has 2 heterocycles. The van der Waals surface area contributed by atoms with Crippen LogP contribution in [0.4, 0.5) is 8.78 Å². The van der Waals surface area contributed by atoms with Crippen molar-refractivity contribution >= 4 is 0 Å². The lowest BCUT2D eigenvalue weighted by molar-refractivity contribution is 0.216. The molecular weight excluding hydrogens is 318 g/mol. The normalized spacial score (nSPS) is 17.9. The van der Waals surface area contributed by atoms with E-state index in [4.69, 9.17) is 0 Å². The minimum atomic E-state index is -0.237. The van der Waals surface area contributed by atoms with E-state index in [0.717, 1.165) is 30.8 Å². The molecule has 0 saturated carbocycles. The lowest BCUT2D eigenvalue weighted by Gasteiger charge is -2.31. The van der Waals surface area contributed by atoms with E-state index in [9.17, 15) is 8.78 Å². The van der Waals surface area contributed by atoms with E-state index in [-0.39, 0.29) is 17.7 Å². The maximum absolute atomic E-state index is 14.6. The van der Waals surface area contributed by atoms with Crippen LogP contribution < -0.4 is 0 Å². The summed E-state index contributed by atoms with van der Waals surface area (Å²) in [4.78, 5) is 2.28. The first-order valence-electron chi connectivity index (χ1n) is 8.60. The quantitative estimate of drug-likeness (QED) is 0.668. The van der Waals surface area contributed by atoms with E-state index in [1.54, 1.807) is 18.2 Å². The fourth-order valence-electron chi connectivity index (χ4n) is 3.69. The standard InChI is InChI=1S/C21H20F2N2/c22-17-10-8-16(9-11-17)15-25-14-4-13-24-12-3-7-20(24)21(25)18-5-1-2-6-19(18)23/h1-3,5-12,21H,4,13-15H2/t21-/m1/s1. The number of rotatable bonds is 3. The summed E-state index contributed by atoms with van der Waals surface area (Å²) < 4.78 is 30.0. The molecule has 1 aliphatic heterocycles. The molecule has 4 heteroatoms. The summed E-state index contributed by atoms with van der Waals surface area (Å²) in [6.45, 7) is 2.44. The molecular formula is C21H20F2N2. The first kappa shape index (κ1) is 16.0. The highest BCUT2D eigenvalue weighted by atomic mass is 19.1. The van der Waals surface area contributed by atoms with Crippen LogP contribution in [-0.4, -0.2) is 16.0 Å². The third-order valence-corrected chi connectivity index (χ3v) is 4.85. The van der Waals surface area contributed by atoms with Crippen molar-refractivity contribution in [2.75, 3.05) is 6.54 Å². The molecule has 0 spiro atoms. The number of benzene rings is 2. The lowest BCUT2D eigenvalue weighted by atomic mass is 10.0. The van der Waals surface area contributed by atoms with Crippen molar-refractivity contribution in [1.29, 1.82) is 0 Å². The van der Waals surface area contributed by atoms with Crippen LogP contribution >= 0.6 is 0 Å². The molecule has 1 aromatic heterocycles. The Bertz CT molecular complexity index is 854. The molecule has 1 atom stereocenters. The van der Waals surface area contributed by atoms with Gasteiger partial charge in [-0.15, -0.1) is 0 Å². The zero-order valence-electron chi connectivity index (χ0n) is 13.9. The number of aryl methyl sites for hydroxylation is 1. The van der Waals surface area contributed by atoms with Gasteiger partial charge in [0.1, 0.15) is 11.6 Å². The predicted octanol–water partition coefficient (Wildman–Crippen LogP) is 4.76. The second-order valence-corrected chi connectivity index (χ2v) is 6.50. The van der Waals surface area contributed by atoms with Crippen LogP contribution in [-0.2, 0) is 13.1 Å². The van der Waals surface area contributed by atoms with E-state index in [0.29, 0.717) is 12.1 Å². The average molecular weight is 338 g/mol. The molecule has 0 N–H and O–H groups in total. The Morgan fingerprint density at radius 1 is 0.880 bits per heavy atom. The fraction of sp³-hybridized carbons (Fsp3) is 0.238. The largest absolute Gasteiger partial charge is 0.350 e. The minimum Gasteiger partial charge on any atom is -0.350 e. The molecule has 0 unspecified atom stereocenters. The van der Waals surface area contributed by atoms with E-state index in [1.807, 2.05) is 18.2 Å². The maximum Gasteiger partial charge on any atom is 0.128 e. The molecule has 0 amide bonds. The van der Waals surface area contributed by atoms with Crippen molar-refractivity contribution in [3.63, 3.8) is 0 Å². The summed E-state index contributed by atoms with van der Waals surface area (Å²) in [6.07, 6.45) is 3.05. The van der Waals surface area contributed by atoms with Gasteiger partial charge in [-0.05, 0) is 42.3 Å². The Hall–Kier alpha value is -2.46. The van der Waals surface area contributed by atoms with Crippen LogP contribution in [0.2, 0.25) is 0 Å². The van der Waals surface area contributed by atoms with Gasteiger partial charge in [0.25, 0.3) is 0 Å². The van der Waals surface area contributed by atoms with E-state index in [2.05, 4.69) is 21.7 Å². The van der Waals surface area contributed by atoms with Gasteiger partial charge in [0.15, 0.2) is 0 Å². The highest BCUT2D eigenvalue weighted by Crippen LogP contribution is 2.34. The molecule has 2 aromatic carbocycles. The average Bonchev–Trinajstić information content (AvgIpc) is 3.00. The van der Waals surface area contributed by atoms with Gasteiger partial charge in [0.2, 0.25) is 0 Å². The number of hydrogen-bond donors (Lipinski definition) is 0. The number of aromatic nitrogens is 1. The molecule has 4 rings (SSSR count). The van der Waals surface area contributed by atoms with Crippen LogP contribution in [0, 0.1) is 11.6 Å². The summed E-state index contributed by atoms with van der Waals surface area (Å²) in [5, 5.41) is 0. The maximum atomic E-state index is 14.6. The van der Waals surface area contributed by atoms with Gasteiger partial charge in [-0.1, -0.05) is 30.3 Å². The van der Waals surface area contributed by atoms with Crippen LogP contribution in [0.25, 0.3) is 0 Å². The Balaban J connectivity index is 1.75. The molecule has 0 fully saturated rings. The van der Waals surface area contributed by atoms with Gasteiger partial charge in [-0.3, -0.25) is 4.90 Å². The summed E-state index contributed by atoms with van der Waals surface area (Å²) in [5.41, 5.74) is 2.82. The number of fused-ring (bicyclic) bond motifs is 1. The molecule has 25 heavy (non-hydrogen) atoms. The Kier molecular flexibility index (Phi) is 4.36. The molecule has 128 valence electrons. The third-order valence-electron chi connectivity index (χ3n) is 4.85. The van der Waals surface area contributed by atoms with Crippen molar-refractivity contribution in [2.24, 2.45) is 0 Å². The van der Waals surface area contributed by atoms with Crippen molar-refractivity contribution < 1.29 is 8.78 Å². The number of nitrogens with zero attached hydrogens (tertiary/aromatic N) is 2. The molecule has 3 aromatic rings. The molecule has 0 saturated heterocycles. The van der Waals surface area contributed by atoms with Crippen molar-refractivity contribution in [1.82, 2.24) is 9.47 Å². The molecule has 2 nitrogen and oxygen atoms in total. The van der Waals surface area contributed by atoms with E-state index >= 15 is 0 Å². The van der Waals surface area contributed by atoms with Gasteiger partial charge in [-0.2, -0.15) is 0 Å². The van der Waals surface area contributed by atoms with Crippen molar-refractivity contribution in [2.45, 2.75) is 25.6 Å². The monoisotopic (exact) mass is 338 g/mol. The second-order valence-electron chi connectivity index (χ2n) is 6.50. The van der Waals surface area contributed by atoms with Gasteiger partial charge in [-0.25, -0.2) is 8.78 Å². The summed E-state index contributed by atoms with van der Waals surface area (Å²) >= 11 is 0. The molecule has 0 aliphatic carbocycles. The first-order valence-corrected chi connectivity index (χ1v) is 8.60. The summed E-state index contributed by atoms with van der Waals surface area (Å²) in [6, 6.07) is 17.5. The van der Waals surface area contributed by atoms with Crippen molar-refractivity contribution in [3.8, 4) is 0 Å². The smallest absolute Gasteiger partial charge is 0.128 e. The van der Waals surface area contributed by atoms with E-state index < -0.39 is 0 Å². The Morgan fingerprint density at radius 3 is 2.48 bits per heavy atom. The molecule has 1 aliphatic rings.